The SMILES string of the molecule is CCCC(N)Cc1cc2cccc(C)c2n1C. The summed E-state index contributed by atoms with van der Waals surface area (Å²) in [5, 5.41) is 1.33. The maximum absolute atomic E-state index is 6.13. The standard InChI is InChI=1S/C15H22N2/c1-4-6-13(16)10-14-9-12-8-5-7-11(2)15(12)17(14)3/h5,7-9,13H,4,6,10,16H2,1-3H3. The molecule has 1 aromatic carbocycles. The molecule has 2 rings (SSSR count). The van der Waals surface area contributed by atoms with E-state index in [1.54, 1.807) is 0 Å². The van der Waals surface area contributed by atoms with Gasteiger partial charge in [0, 0.05) is 30.6 Å². The van der Waals surface area contributed by atoms with Gasteiger partial charge in [0.2, 0.25) is 0 Å². The third-order valence-electron chi connectivity index (χ3n) is 3.49. The molecule has 0 aliphatic heterocycles. The van der Waals surface area contributed by atoms with Gasteiger partial charge in [-0.3, -0.25) is 0 Å². The average molecular weight is 230 g/mol. The normalized spacial score (nSPS) is 13.2. The highest BCUT2D eigenvalue weighted by molar-refractivity contribution is 5.84. The number of hydrogen-bond acceptors (Lipinski definition) is 1. The van der Waals surface area contributed by atoms with Crippen molar-refractivity contribution in [1.82, 2.24) is 4.57 Å². The van der Waals surface area contributed by atoms with Crippen molar-refractivity contribution in [3.63, 3.8) is 0 Å². The van der Waals surface area contributed by atoms with Gasteiger partial charge in [-0.25, -0.2) is 0 Å². The Kier molecular flexibility index (Phi) is 3.53. The van der Waals surface area contributed by atoms with Gasteiger partial charge >= 0.3 is 0 Å². The minimum absolute atomic E-state index is 0.281. The zero-order chi connectivity index (χ0) is 12.4. The van der Waals surface area contributed by atoms with E-state index in [0.717, 1.165) is 19.3 Å². The molecule has 17 heavy (non-hydrogen) atoms. The van der Waals surface area contributed by atoms with E-state index in [2.05, 4.69) is 49.7 Å². The first-order chi connectivity index (χ1) is 8.13. The number of benzene rings is 1. The Morgan fingerprint density at radius 2 is 2.12 bits per heavy atom. The van der Waals surface area contributed by atoms with Gasteiger partial charge in [0.05, 0.1) is 5.52 Å². The molecule has 0 aliphatic carbocycles. The lowest BCUT2D eigenvalue weighted by Gasteiger charge is -2.11. The van der Waals surface area contributed by atoms with Crippen LogP contribution in [0, 0.1) is 6.92 Å². The van der Waals surface area contributed by atoms with Crippen LogP contribution in [0.15, 0.2) is 24.3 Å². The first kappa shape index (κ1) is 12.2. The van der Waals surface area contributed by atoms with Crippen LogP contribution in [0.4, 0.5) is 0 Å². The molecular formula is C15H22N2. The Morgan fingerprint density at radius 3 is 2.76 bits per heavy atom. The number of aromatic nitrogens is 1. The molecule has 0 aliphatic rings. The van der Waals surface area contributed by atoms with Crippen molar-refractivity contribution in [3.8, 4) is 0 Å². The highest BCUT2D eigenvalue weighted by Crippen LogP contribution is 2.23. The van der Waals surface area contributed by atoms with Crippen molar-refractivity contribution in [3.05, 3.63) is 35.5 Å². The van der Waals surface area contributed by atoms with E-state index in [1.807, 2.05) is 0 Å². The molecule has 2 heteroatoms. The topological polar surface area (TPSA) is 30.9 Å². The predicted molar refractivity (Wildman–Crippen MR) is 74.2 cm³/mol. The van der Waals surface area contributed by atoms with Gasteiger partial charge in [-0.15, -0.1) is 0 Å². The van der Waals surface area contributed by atoms with Crippen molar-refractivity contribution in [1.29, 1.82) is 0 Å². The second-order valence-corrected chi connectivity index (χ2v) is 4.96. The fourth-order valence-electron chi connectivity index (χ4n) is 2.61. The van der Waals surface area contributed by atoms with Gasteiger partial charge in [0.25, 0.3) is 0 Å². The molecule has 92 valence electrons. The number of hydrogen-bond donors (Lipinski definition) is 1. The summed E-state index contributed by atoms with van der Waals surface area (Å²) in [7, 11) is 2.14. The van der Waals surface area contributed by atoms with Crippen LogP contribution in [-0.4, -0.2) is 10.6 Å². The molecule has 0 saturated heterocycles. The Hall–Kier alpha value is -1.28. The second kappa shape index (κ2) is 4.92. The van der Waals surface area contributed by atoms with E-state index < -0.39 is 0 Å². The van der Waals surface area contributed by atoms with Crippen molar-refractivity contribution in [2.24, 2.45) is 12.8 Å². The lowest BCUT2D eigenvalue weighted by molar-refractivity contribution is 0.584. The summed E-state index contributed by atoms with van der Waals surface area (Å²) < 4.78 is 2.29. The minimum Gasteiger partial charge on any atom is -0.347 e. The first-order valence-electron chi connectivity index (χ1n) is 6.43. The summed E-state index contributed by atoms with van der Waals surface area (Å²) in [6.07, 6.45) is 3.23. The van der Waals surface area contributed by atoms with E-state index in [-0.39, 0.29) is 6.04 Å². The molecule has 1 heterocycles. The third kappa shape index (κ3) is 2.37. The number of nitrogens with zero attached hydrogens (tertiary/aromatic N) is 1. The van der Waals surface area contributed by atoms with E-state index in [4.69, 9.17) is 5.73 Å². The Bertz CT molecular complexity index is 511. The zero-order valence-electron chi connectivity index (χ0n) is 11.0. The average Bonchev–Trinajstić information content (AvgIpc) is 2.57. The monoisotopic (exact) mass is 230 g/mol. The summed E-state index contributed by atoms with van der Waals surface area (Å²) >= 11 is 0. The first-order valence-corrected chi connectivity index (χ1v) is 6.43. The number of fused-ring (bicyclic) bond motifs is 1. The molecule has 0 spiro atoms. The molecule has 0 amide bonds. The zero-order valence-corrected chi connectivity index (χ0v) is 11.0. The van der Waals surface area contributed by atoms with Crippen molar-refractivity contribution in [2.45, 2.75) is 39.2 Å². The van der Waals surface area contributed by atoms with Crippen LogP contribution in [0.2, 0.25) is 0 Å². The Balaban J connectivity index is 2.36. The van der Waals surface area contributed by atoms with E-state index >= 15 is 0 Å². The summed E-state index contributed by atoms with van der Waals surface area (Å²) in [6, 6.07) is 9.02. The summed E-state index contributed by atoms with van der Waals surface area (Å²) in [5.74, 6) is 0. The molecular weight excluding hydrogens is 208 g/mol. The van der Waals surface area contributed by atoms with E-state index in [9.17, 15) is 0 Å². The van der Waals surface area contributed by atoms with Crippen LogP contribution >= 0.6 is 0 Å². The lowest BCUT2D eigenvalue weighted by Crippen LogP contribution is -2.23. The van der Waals surface area contributed by atoms with Crippen molar-refractivity contribution >= 4 is 10.9 Å². The quantitative estimate of drug-likeness (QED) is 0.859. The van der Waals surface area contributed by atoms with Crippen LogP contribution in [-0.2, 0) is 13.5 Å². The maximum Gasteiger partial charge on any atom is 0.0509 e. The molecule has 0 radical (unpaired) electrons. The predicted octanol–water partition coefficient (Wildman–Crippen LogP) is 3.16. The summed E-state index contributed by atoms with van der Waals surface area (Å²) in [4.78, 5) is 0. The van der Waals surface area contributed by atoms with E-state index in [0.29, 0.717) is 0 Å². The van der Waals surface area contributed by atoms with Gasteiger partial charge in [-0.2, -0.15) is 0 Å². The van der Waals surface area contributed by atoms with Gasteiger partial charge in [-0.1, -0.05) is 31.5 Å². The van der Waals surface area contributed by atoms with Crippen molar-refractivity contribution < 1.29 is 0 Å². The van der Waals surface area contributed by atoms with Crippen molar-refractivity contribution in [2.75, 3.05) is 0 Å². The molecule has 0 saturated carbocycles. The maximum atomic E-state index is 6.13. The molecule has 2 nitrogen and oxygen atoms in total. The molecule has 2 aromatic rings. The molecule has 1 unspecified atom stereocenters. The van der Waals surface area contributed by atoms with Crippen LogP contribution in [0.5, 0.6) is 0 Å². The molecule has 0 bridgehead atoms. The highest BCUT2D eigenvalue weighted by atomic mass is 14.9. The number of nitrogens with two attached hydrogens (primary N) is 1. The van der Waals surface area contributed by atoms with Gasteiger partial charge in [0.1, 0.15) is 0 Å². The number of aryl methyl sites for hydroxylation is 2. The molecule has 2 N–H and O–H groups in total. The van der Waals surface area contributed by atoms with Crippen LogP contribution in [0.25, 0.3) is 10.9 Å². The van der Waals surface area contributed by atoms with E-state index in [1.165, 1.54) is 22.2 Å². The summed E-state index contributed by atoms with van der Waals surface area (Å²) in [6.45, 7) is 4.35. The molecule has 0 fully saturated rings. The van der Waals surface area contributed by atoms with Crippen LogP contribution in [0.3, 0.4) is 0 Å². The fourth-order valence-corrected chi connectivity index (χ4v) is 2.61. The Labute approximate surface area is 103 Å². The summed E-state index contributed by atoms with van der Waals surface area (Å²) in [5.41, 5.74) is 10.1. The van der Waals surface area contributed by atoms with Gasteiger partial charge < -0.3 is 10.3 Å². The minimum atomic E-state index is 0.281. The number of rotatable bonds is 4. The molecule has 1 aromatic heterocycles. The third-order valence-corrected chi connectivity index (χ3v) is 3.49. The fraction of sp³-hybridized carbons (Fsp3) is 0.467. The smallest absolute Gasteiger partial charge is 0.0509 e. The lowest BCUT2D eigenvalue weighted by atomic mass is 10.1. The second-order valence-electron chi connectivity index (χ2n) is 4.96. The van der Waals surface area contributed by atoms with Crippen LogP contribution in [0.1, 0.15) is 31.0 Å². The largest absolute Gasteiger partial charge is 0.347 e. The van der Waals surface area contributed by atoms with Crippen LogP contribution < -0.4 is 5.73 Å². The van der Waals surface area contributed by atoms with Gasteiger partial charge in [0.15, 0.2) is 0 Å². The Morgan fingerprint density at radius 1 is 1.35 bits per heavy atom. The molecule has 1 atom stereocenters. The highest BCUT2D eigenvalue weighted by Gasteiger charge is 2.10. The number of para-hydroxylation sites is 1. The van der Waals surface area contributed by atoms with Gasteiger partial charge in [-0.05, 0) is 25.0 Å².